The van der Waals surface area contributed by atoms with E-state index < -0.39 is 18.0 Å². The molecule has 1 aliphatic heterocycles. The van der Waals surface area contributed by atoms with Crippen molar-refractivity contribution in [2.75, 3.05) is 9.80 Å². The molecule has 6 nitrogen and oxygen atoms in total. The average Bonchev–Trinajstić information content (AvgIpc) is 2.84. The zero-order valence-electron chi connectivity index (χ0n) is 20.9. The third kappa shape index (κ3) is 5.94. The molecule has 3 rings (SSSR count). The van der Waals surface area contributed by atoms with Crippen LogP contribution in [0, 0.1) is 0 Å². The predicted molar refractivity (Wildman–Crippen MR) is 139 cm³/mol. The van der Waals surface area contributed by atoms with E-state index in [4.69, 9.17) is 0 Å². The van der Waals surface area contributed by atoms with Gasteiger partial charge in [0, 0.05) is 22.4 Å². The van der Waals surface area contributed by atoms with Gasteiger partial charge < -0.3 is 0 Å². The van der Waals surface area contributed by atoms with Gasteiger partial charge in [-0.1, -0.05) is 52.0 Å². The van der Waals surface area contributed by atoms with Crippen LogP contribution in [0.5, 0.6) is 0 Å². The van der Waals surface area contributed by atoms with E-state index in [2.05, 4.69) is 13.5 Å². The van der Waals surface area contributed by atoms with Crippen LogP contribution in [0.15, 0.2) is 60.7 Å². The third-order valence-electron chi connectivity index (χ3n) is 6.50. The quantitative estimate of drug-likeness (QED) is 0.205. The van der Waals surface area contributed by atoms with Crippen LogP contribution in [-0.2, 0) is 4.79 Å². The number of carbonyl (C=O) groups excluding carboxylic acids is 4. The Balaban J connectivity index is 1.92. The van der Waals surface area contributed by atoms with Gasteiger partial charge >= 0.3 is 6.03 Å². The first-order chi connectivity index (χ1) is 16.8. The molecule has 184 valence electrons. The number of Topliss-reactive ketones (excluding diaryl/α,β-unsaturated/α-hetero) is 2. The summed E-state index contributed by atoms with van der Waals surface area (Å²) < 4.78 is 0. The number of anilines is 2. The number of rotatable bonds is 11. The molecule has 6 heteroatoms. The van der Waals surface area contributed by atoms with E-state index in [1.165, 1.54) is 33.1 Å². The van der Waals surface area contributed by atoms with Gasteiger partial charge in [-0.3, -0.25) is 19.3 Å². The zero-order chi connectivity index (χ0) is 25.5. The molecule has 3 amide bonds. The van der Waals surface area contributed by atoms with Crippen molar-refractivity contribution >= 4 is 34.9 Å². The van der Waals surface area contributed by atoms with Crippen molar-refractivity contribution in [3.8, 4) is 0 Å². The smallest absolute Gasteiger partial charge is 0.295 e. The number of urea groups is 1. The molecule has 0 N–H and O–H groups in total. The summed E-state index contributed by atoms with van der Waals surface area (Å²) in [6, 6.07) is 12.4. The molecule has 35 heavy (non-hydrogen) atoms. The summed E-state index contributed by atoms with van der Waals surface area (Å²) in [7, 11) is 0. The van der Waals surface area contributed by atoms with Crippen molar-refractivity contribution < 1.29 is 19.2 Å². The number of ketones is 2. The molecule has 0 aliphatic carbocycles. The average molecular weight is 475 g/mol. The highest BCUT2D eigenvalue weighted by atomic mass is 16.2. The Bertz CT molecular complexity index is 1100. The van der Waals surface area contributed by atoms with E-state index >= 15 is 0 Å². The molecular formula is C29H34N2O4. The van der Waals surface area contributed by atoms with Gasteiger partial charge in [0.25, 0.3) is 5.91 Å². The van der Waals surface area contributed by atoms with Crippen molar-refractivity contribution in [1.82, 2.24) is 0 Å². The third-order valence-corrected chi connectivity index (χ3v) is 6.50. The summed E-state index contributed by atoms with van der Waals surface area (Å²) in [5.74, 6) is -0.585. The van der Waals surface area contributed by atoms with Gasteiger partial charge in [0.15, 0.2) is 11.6 Å². The van der Waals surface area contributed by atoms with Crippen molar-refractivity contribution in [2.24, 2.45) is 0 Å². The first-order valence-electron chi connectivity index (χ1n) is 12.3. The number of imide groups is 1. The maximum atomic E-state index is 13.8. The van der Waals surface area contributed by atoms with E-state index in [0.29, 0.717) is 34.5 Å². The van der Waals surface area contributed by atoms with Crippen LogP contribution in [0.2, 0.25) is 0 Å². The second-order valence-corrected chi connectivity index (χ2v) is 9.10. The Morgan fingerprint density at radius 3 is 1.77 bits per heavy atom. The second kappa shape index (κ2) is 11.7. The van der Waals surface area contributed by atoms with Gasteiger partial charge in [0.2, 0.25) is 0 Å². The van der Waals surface area contributed by atoms with Gasteiger partial charge in [-0.05, 0) is 68.8 Å². The summed E-state index contributed by atoms with van der Waals surface area (Å²) in [6.07, 6.45) is 7.22. The summed E-state index contributed by atoms with van der Waals surface area (Å²) in [5, 5.41) is 0. The number of unbranched alkanes of at least 4 members (excludes halogenated alkanes) is 5. The fraction of sp³-hybridized carbons (Fsp3) is 0.379. The molecule has 0 bridgehead atoms. The van der Waals surface area contributed by atoms with Crippen LogP contribution in [-0.4, -0.2) is 29.5 Å². The topological polar surface area (TPSA) is 74.8 Å². The second-order valence-electron chi connectivity index (χ2n) is 9.10. The normalized spacial score (nSPS) is 16.1. The molecule has 2 aromatic carbocycles. The Labute approximate surface area is 207 Å². The monoisotopic (exact) mass is 474 g/mol. The van der Waals surface area contributed by atoms with Gasteiger partial charge in [-0.15, -0.1) is 0 Å². The molecule has 1 unspecified atom stereocenters. The largest absolute Gasteiger partial charge is 0.336 e. The number of nitrogens with zero attached hydrogens (tertiary/aromatic N) is 2. The minimum absolute atomic E-state index is 0.0584. The zero-order valence-corrected chi connectivity index (χ0v) is 20.9. The van der Waals surface area contributed by atoms with Crippen LogP contribution in [0.4, 0.5) is 16.2 Å². The molecular weight excluding hydrogens is 440 g/mol. The number of hydrogen-bond acceptors (Lipinski definition) is 4. The van der Waals surface area contributed by atoms with E-state index in [9.17, 15) is 19.2 Å². The van der Waals surface area contributed by atoms with Crippen molar-refractivity contribution in [3.63, 3.8) is 0 Å². The number of carbonyl (C=O) groups is 4. The van der Waals surface area contributed by atoms with Crippen LogP contribution in [0.25, 0.3) is 0 Å². The van der Waals surface area contributed by atoms with E-state index in [1.54, 1.807) is 53.4 Å². The lowest BCUT2D eigenvalue weighted by Gasteiger charge is -2.41. The maximum Gasteiger partial charge on any atom is 0.336 e. The molecule has 1 aliphatic rings. The molecule has 0 saturated carbocycles. The minimum atomic E-state index is -0.468. The first-order valence-corrected chi connectivity index (χ1v) is 12.3. The van der Waals surface area contributed by atoms with Crippen molar-refractivity contribution in [3.05, 3.63) is 71.8 Å². The predicted octanol–water partition coefficient (Wildman–Crippen LogP) is 6.74. The van der Waals surface area contributed by atoms with Gasteiger partial charge in [-0.2, -0.15) is 0 Å². The SMILES string of the molecule is C=C1C(=O)N(c2ccc(C(C)=O)cc2)C(=O)N(c2ccc(C(C)=O)cc2)C1CCCCCCCC. The summed E-state index contributed by atoms with van der Waals surface area (Å²) in [6.45, 7) is 9.23. The highest BCUT2D eigenvalue weighted by Gasteiger charge is 2.42. The highest BCUT2D eigenvalue weighted by Crippen LogP contribution is 2.34. The van der Waals surface area contributed by atoms with Gasteiger partial charge in [0.1, 0.15) is 0 Å². The van der Waals surface area contributed by atoms with E-state index in [1.807, 2.05) is 0 Å². The van der Waals surface area contributed by atoms with E-state index in [-0.39, 0.29) is 11.6 Å². The minimum Gasteiger partial charge on any atom is -0.295 e. The fourth-order valence-corrected chi connectivity index (χ4v) is 4.41. The number of hydrogen-bond donors (Lipinski definition) is 0. The van der Waals surface area contributed by atoms with E-state index in [0.717, 1.165) is 24.2 Å². The standard InChI is InChI=1S/C29H34N2O4/c1-5-6-7-8-9-10-11-27-20(2)28(34)31(26-18-14-24(15-19-26)22(4)33)29(35)30(27)25-16-12-23(13-17-25)21(3)32/h12-19,27H,2,5-11H2,1,3-4H3. The number of amides is 3. The van der Waals surface area contributed by atoms with Gasteiger partial charge in [-0.25, -0.2) is 9.69 Å². The lowest BCUT2D eigenvalue weighted by atomic mass is 9.95. The fourth-order valence-electron chi connectivity index (χ4n) is 4.41. The summed E-state index contributed by atoms with van der Waals surface area (Å²) in [5.41, 5.74) is 2.40. The van der Waals surface area contributed by atoms with Crippen LogP contribution in [0.1, 0.15) is 86.4 Å². The maximum absolute atomic E-state index is 13.8. The van der Waals surface area contributed by atoms with Crippen molar-refractivity contribution in [1.29, 1.82) is 0 Å². The van der Waals surface area contributed by atoms with Gasteiger partial charge in [0.05, 0.1) is 11.7 Å². The Morgan fingerprint density at radius 2 is 1.26 bits per heavy atom. The molecule has 1 heterocycles. The Hall–Kier alpha value is -3.54. The molecule has 2 aromatic rings. The molecule has 0 spiro atoms. The molecule has 1 fully saturated rings. The molecule has 0 aromatic heterocycles. The van der Waals surface area contributed by atoms with Crippen molar-refractivity contribution in [2.45, 2.75) is 71.8 Å². The molecule has 0 radical (unpaired) electrons. The first kappa shape index (κ1) is 26.1. The Kier molecular flexibility index (Phi) is 8.74. The molecule has 1 saturated heterocycles. The number of benzene rings is 2. The van der Waals surface area contributed by atoms with Crippen LogP contribution < -0.4 is 9.80 Å². The molecule has 1 atom stereocenters. The van der Waals surface area contributed by atoms with Crippen LogP contribution in [0.3, 0.4) is 0 Å². The lowest BCUT2D eigenvalue weighted by Crippen LogP contribution is -2.58. The highest BCUT2D eigenvalue weighted by molar-refractivity contribution is 6.28. The lowest BCUT2D eigenvalue weighted by molar-refractivity contribution is -0.115. The Morgan fingerprint density at radius 1 is 0.771 bits per heavy atom. The summed E-state index contributed by atoms with van der Waals surface area (Å²) in [4.78, 5) is 53.2. The van der Waals surface area contributed by atoms with Crippen LogP contribution >= 0.6 is 0 Å². The summed E-state index contributed by atoms with van der Waals surface area (Å²) >= 11 is 0.